The number of Topliss-reactive ketones (excluding diaryl/α,β-unsaturated/α-hetero) is 1. The Balaban J connectivity index is 1.52. The van der Waals surface area contributed by atoms with Gasteiger partial charge >= 0.3 is 5.91 Å². The molecule has 216 valence electrons. The average Bonchev–Trinajstić information content (AvgIpc) is 3.57. The molecule has 1 fully saturated rings. The molecule has 1 amide bonds. The van der Waals surface area contributed by atoms with Crippen molar-refractivity contribution < 1.29 is 28.6 Å². The number of carbonyl (C=O) groups is 2. The summed E-state index contributed by atoms with van der Waals surface area (Å²) < 4.78 is 25.2. The molecule has 0 bridgehead atoms. The van der Waals surface area contributed by atoms with Crippen LogP contribution in [0.25, 0.3) is 5.76 Å². The van der Waals surface area contributed by atoms with Gasteiger partial charge in [-0.15, -0.1) is 10.2 Å². The second-order valence-corrected chi connectivity index (χ2v) is 11.5. The van der Waals surface area contributed by atoms with Crippen LogP contribution < -0.4 is 14.4 Å². The van der Waals surface area contributed by atoms with Crippen LogP contribution in [0.15, 0.2) is 82.7 Å². The van der Waals surface area contributed by atoms with Crippen LogP contribution in [0.2, 0.25) is 0 Å². The predicted octanol–water partition coefficient (Wildman–Crippen LogP) is 6.78. The molecule has 11 heteroatoms. The van der Waals surface area contributed by atoms with E-state index in [9.17, 15) is 19.1 Å². The van der Waals surface area contributed by atoms with E-state index in [1.54, 1.807) is 60.7 Å². The Bertz CT molecular complexity index is 1610. The first kappa shape index (κ1) is 29.3. The van der Waals surface area contributed by atoms with Gasteiger partial charge in [0.1, 0.15) is 23.1 Å². The van der Waals surface area contributed by atoms with Crippen molar-refractivity contribution in [1.82, 2.24) is 10.2 Å². The summed E-state index contributed by atoms with van der Waals surface area (Å²) in [5.41, 5.74) is 1.78. The minimum Gasteiger partial charge on any atom is -0.507 e. The molecule has 1 aliphatic rings. The predicted molar refractivity (Wildman–Crippen MR) is 160 cm³/mol. The molecule has 1 saturated heterocycles. The van der Waals surface area contributed by atoms with Crippen LogP contribution in [0.5, 0.6) is 11.5 Å². The van der Waals surface area contributed by atoms with Gasteiger partial charge in [0.25, 0.3) is 5.78 Å². The quantitative estimate of drug-likeness (QED) is 0.0656. The van der Waals surface area contributed by atoms with Crippen molar-refractivity contribution in [3.63, 3.8) is 0 Å². The van der Waals surface area contributed by atoms with E-state index in [0.29, 0.717) is 45.9 Å². The maximum Gasteiger partial charge on any atom is 0.301 e. The number of aromatic nitrogens is 2. The van der Waals surface area contributed by atoms with Crippen LogP contribution in [0.1, 0.15) is 43.0 Å². The standard InChI is InChI=1S/C31H28FN3O5S2/c1-3-16-40-23-14-10-20(11-15-23)27(36)25-26(21-6-5-7-24(17-21)39-4-2)35(29(38)28(25)37)30-33-34-31(42-30)41-18-19-8-12-22(32)13-9-19/h5-15,17,26,36H,3-4,16,18H2,1-2H3. The molecule has 42 heavy (non-hydrogen) atoms. The first-order valence-corrected chi connectivity index (χ1v) is 15.2. The van der Waals surface area contributed by atoms with E-state index >= 15 is 0 Å². The number of amides is 1. The van der Waals surface area contributed by atoms with E-state index in [1.807, 2.05) is 13.8 Å². The first-order valence-electron chi connectivity index (χ1n) is 13.4. The Labute approximate surface area is 250 Å². The van der Waals surface area contributed by atoms with Gasteiger partial charge in [-0.3, -0.25) is 14.5 Å². The number of hydrogen-bond acceptors (Lipinski definition) is 9. The van der Waals surface area contributed by atoms with E-state index in [0.717, 1.165) is 23.3 Å². The minimum absolute atomic E-state index is 0.0633. The molecule has 4 aromatic rings. The lowest BCUT2D eigenvalue weighted by molar-refractivity contribution is -0.132. The summed E-state index contributed by atoms with van der Waals surface area (Å²) >= 11 is 2.54. The molecule has 2 heterocycles. The molecule has 0 aliphatic carbocycles. The van der Waals surface area contributed by atoms with Crippen LogP contribution in [0, 0.1) is 5.82 Å². The molecule has 1 aromatic heterocycles. The molecule has 1 N–H and O–H groups in total. The molecule has 3 aromatic carbocycles. The maximum atomic E-state index is 13.5. The number of nitrogens with zero attached hydrogens (tertiary/aromatic N) is 3. The second-order valence-electron chi connectivity index (χ2n) is 9.31. The molecule has 5 rings (SSSR count). The number of carbonyl (C=O) groups excluding carboxylic acids is 2. The van der Waals surface area contributed by atoms with Gasteiger partial charge in [0.15, 0.2) is 4.34 Å². The van der Waals surface area contributed by atoms with E-state index < -0.39 is 17.7 Å². The Morgan fingerprint density at radius 1 is 1.00 bits per heavy atom. The summed E-state index contributed by atoms with van der Waals surface area (Å²) in [4.78, 5) is 28.3. The highest BCUT2D eigenvalue weighted by Crippen LogP contribution is 2.44. The van der Waals surface area contributed by atoms with Crippen LogP contribution in [0.3, 0.4) is 0 Å². The van der Waals surface area contributed by atoms with Gasteiger partial charge in [-0.05, 0) is 73.0 Å². The number of rotatable bonds is 11. The third-order valence-electron chi connectivity index (χ3n) is 6.41. The van der Waals surface area contributed by atoms with Gasteiger partial charge in [0, 0.05) is 11.3 Å². The third-order valence-corrected chi connectivity index (χ3v) is 8.53. The van der Waals surface area contributed by atoms with Gasteiger partial charge in [0.05, 0.1) is 24.8 Å². The van der Waals surface area contributed by atoms with Gasteiger partial charge in [-0.2, -0.15) is 0 Å². The van der Waals surface area contributed by atoms with E-state index in [4.69, 9.17) is 9.47 Å². The van der Waals surface area contributed by atoms with Crippen molar-refractivity contribution in [2.75, 3.05) is 18.1 Å². The summed E-state index contributed by atoms with van der Waals surface area (Å²) in [5.74, 6) is -0.559. The van der Waals surface area contributed by atoms with Crippen LogP contribution in [-0.2, 0) is 15.3 Å². The highest BCUT2D eigenvalue weighted by molar-refractivity contribution is 8.00. The fourth-order valence-electron chi connectivity index (χ4n) is 4.45. The zero-order valence-electron chi connectivity index (χ0n) is 23.0. The number of ketones is 1. The molecular weight excluding hydrogens is 577 g/mol. The first-order chi connectivity index (χ1) is 20.4. The number of aliphatic hydroxyl groups is 1. The number of benzene rings is 3. The molecule has 1 unspecified atom stereocenters. The zero-order chi connectivity index (χ0) is 29.6. The van der Waals surface area contributed by atoms with Gasteiger partial charge in [-0.25, -0.2) is 4.39 Å². The van der Waals surface area contributed by atoms with Crippen LogP contribution in [0.4, 0.5) is 9.52 Å². The SMILES string of the molecule is CCCOc1ccc(C(O)=C2C(=O)C(=O)N(c3nnc(SCc4ccc(F)cc4)s3)C2c2cccc(OCC)c2)cc1. The zero-order valence-corrected chi connectivity index (χ0v) is 24.6. The number of aliphatic hydroxyl groups excluding tert-OH is 1. The largest absolute Gasteiger partial charge is 0.507 e. The lowest BCUT2D eigenvalue weighted by Gasteiger charge is -2.23. The molecular formula is C31H28FN3O5S2. The molecule has 0 saturated carbocycles. The Kier molecular flexibility index (Phi) is 9.19. The van der Waals surface area contributed by atoms with E-state index in [-0.39, 0.29) is 22.3 Å². The summed E-state index contributed by atoms with van der Waals surface area (Å²) in [5, 5.41) is 20.1. The van der Waals surface area contributed by atoms with Crippen molar-refractivity contribution in [1.29, 1.82) is 0 Å². The third kappa shape index (κ3) is 6.32. The topological polar surface area (TPSA) is 102 Å². The fourth-order valence-corrected chi connectivity index (χ4v) is 6.28. The van der Waals surface area contributed by atoms with Crippen molar-refractivity contribution in [3.8, 4) is 11.5 Å². The molecule has 1 atom stereocenters. The summed E-state index contributed by atoms with van der Waals surface area (Å²) in [7, 11) is 0. The number of anilines is 1. The molecule has 1 aliphatic heterocycles. The highest BCUT2D eigenvalue weighted by atomic mass is 32.2. The van der Waals surface area contributed by atoms with E-state index in [1.165, 1.54) is 28.8 Å². The van der Waals surface area contributed by atoms with Gasteiger partial charge in [0.2, 0.25) is 5.13 Å². The molecule has 0 spiro atoms. The Morgan fingerprint density at radius 2 is 1.76 bits per heavy atom. The van der Waals surface area contributed by atoms with Gasteiger partial charge in [-0.1, -0.05) is 54.3 Å². The highest BCUT2D eigenvalue weighted by Gasteiger charge is 2.48. The van der Waals surface area contributed by atoms with Gasteiger partial charge < -0.3 is 14.6 Å². The smallest absolute Gasteiger partial charge is 0.301 e. The normalized spacial score (nSPS) is 16.2. The number of ether oxygens (including phenoxy) is 2. The number of halogens is 1. The molecule has 8 nitrogen and oxygen atoms in total. The summed E-state index contributed by atoms with van der Waals surface area (Å²) in [6.45, 7) is 4.85. The van der Waals surface area contributed by atoms with Crippen molar-refractivity contribution in [3.05, 3.63) is 101 Å². The minimum atomic E-state index is -0.968. The maximum absolute atomic E-state index is 13.5. The number of hydrogen-bond donors (Lipinski definition) is 1. The van der Waals surface area contributed by atoms with E-state index in [2.05, 4.69) is 10.2 Å². The van der Waals surface area contributed by atoms with Crippen LogP contribution in [-0.4, -0.2) is 40.2 Å². The summed E-state index contributed by atoms with van der Waals surface area (Å²) in [6.07, 6.45) is 0.851. The average molecular weight is 606 g/mol. The lowest BCUT2D eigenvalue weighted by Crippen LogP contribution is -2.29. The number of thioether (sulfide) groups is 1. The van der Waals surface area contributed by atoms with Crippen molar-refractivity contribution in [2.24, 2.45) is 0 Å². The Hall–Kier alpha value is -4.22. The second kappa shape index (κ2) is 13.2. The molecule has 0 radical (unpaired) electrons. The van der Waals surface area contributed by atoms with Crippen molar-refractivity contribution >= 4 is 45.7 Å². The van der Waals surface area contributed by atoms with Crippen LogP contribution >= 0.6 is 23.1 Å². The monoisotopic (exact) mass is 605 g/mol. The Morgan fingerprint density at radius 3 is 2.48 bits per heavy atom. The summed E-state index contributed by atoms with van der Waals surface area (Å²) in [6, 6.07) is 19.0. The lowest BCUT2D eigenvalue weighted by atomic mass is 9.95. The fraction of sp³-hybridized carbons (Fsp3) is 0.226. The van der Waals surface area contributed by atoms with Crippen molar-refractivity contribution in [2.45, 2.75) is 36.4 Å².